The van der Waals surface area contributed by atoms with Crippen molar-refractivity contribution in [3.8, 4) is 0 Å². The fourth-order valence-electron chi connectivity index (χ4n) is 4.18. The molecule has 31 heavy (non-hydrogen) atoms. The number of carbonyl (C=O) groups is 1. The van der Waals surface area contributed by atoms with Crippen molar-refractivity contribution in [2.24, 2.45) is 5.92 Å². The van der Waals surface area contributed by atoms with E-state index in [-0.39, 0.29) is 11.9 Å². The molecule has 1 aliphatic heterocycles. The Hall–Kier alpha value is -2.15. The van der Waals surface area contributed by atoms with Crippen LogP contribution in [0.5, 0.6) is 0 Å². The zero-order chi connectivity index (χ0) is 21.8. The van der Waals surface area contributed by atoms with Gasteiger partial charge in [0.05, 0.1) is 23.8 Å². The number of likely N-dealkylation sites (tertiary alicyclic amines) is 1. The van der Waals surface area contributed by atoms with Crippen molar-refractivity contribution in [3.63, 3.8) is 0 Å². The normalized spacial score (nSPS) is 16.4. The molecule has 1 fully saturated rings. The summed E-state index contributed by atoms with van der Waals surface area (Å²) in [7, 11) is 0. The third kappa shape index (κ3) is 5.20. The van der Waals surface area contributed by atoms with Crippen LogP contribution in [0.25, 0.3) is 0 Å². The Bertz CT molecular complexity index is 994. The number of hydrogen-bond donors (Lipinski definition) is 1. The van der Waals surface area contributed by atoms with Gasteiger partial charge in [-0.1, -0.05) is 54.9 Å². The summed E-state index contributed by atoms with van der Waals surface area (Å²) in [5, 5.41) is 10.2. The summed E-state index contributed by atoms with van der Waals surface area (Å²) >= 11 is 8.33. The highest BCUT2D eigenvalue weighted by molar-refractivity contribution is 7.10. The Morgan fingerprint density at radius 3 is 2.65 bits per heavy atom. The van der Waals surface area contributed by atoms with E-state index in [0.717, 1.165) is 24.6 Å². The minimum atomic E-state index is -0.159. The smallest absolute Gasteiger partial charge is 0.256 e. The monoisotopic (exact) mass is 456 g/mol. The van der Waals surface area contributed by atoms with Crippen LogP contribution in [0.1, 0.15) is 52.3 Å². The van der Waals surface area contributed by atoms with E-state index in [9.17, 15) is 4.79 Å². The lowest BCUT2D eigenvalue weighted by atomic mass is 9.97. The third-order valence-corrected chi connectivity index (χ3v) is 7.41. The molecule has 7 heteroatoms. The van der Waals surface area contributed by atoms with Crippen LogP contribution in [0.4, 0.5) is 0 Å². The number of piperidine rings is 1. The van der Waals surface area contributed by atoms with Gasteiger partial charge in [0.2, 0.25) is 0 Å². The van der Waals surface area contributed by atoms with E-state index < -0.39 is 0 Å². The first kappa shape index (κ1) is 22.1. The highest BCUT2D eigenvalue weighted by atomic mass is 35.5. The lowest BCUT2D eigenvalue weighted by Gasteiger charge is -2.36. The molecule has 2 aromatic heterocycles. The van der Waals surface area contributed by atoms with Crippen LogP contribution in [0.15, 0.2) is 47.8 Å². The van der Waals surface area contributed by atoms with Gasteiger partial charge in [-0.05, 0) is 55.8 Å². The van der Waals surface area contributed by atoms with Gasteiger partial charge >= 0.3 is 0 Å². The summed E-state index contributed by atoms with van der Waals surface area (Å²) in [6, 6.07) is 14.4. The Balaban J connectivity index is 1.47. The number of nitrogens with one attached hydrogen (secondary N) is 1. The van der Waals surface area contributed by atoms with Gasteiger partial charge in [0.25, 0.3) is 5.91 Å². The van der Waals surface area contributed by atoms with Gasteiger partial charge in [-0.15, -0.1) is 11.3 Å². The molecule has 1 N–H and O–H groups in total. The van der Waals surface area contributed by atoms with Crippen molar-refractivity contribution in [1.29, 1.82) is 0 Å². The molecule has 5 nitrogen and oxygen atoms in total. The molecule has 4 rings (SSSR count). The first-order valence-electron chi connectivity index (χ1n) is 10.9. The molecule has 1 unspecified atom stereocenters. The summed E-state index contributed by atoms with van der Waals surface area (Å²) in [5.74, 6) is 0.612. The summed E-state index contributed by atoms with van der Waals surface area (Å²) < 4.78 is 1.70. The van der Waals surface area contributed by atoms with E-state index in [1.807, 2.05) is 37.3 Å². The summed E-state index contributed by atoms with van der Waals surface area (Å²) in [6.45, 7) is 7.38. The Morgan fingerprint density at radius 2 is 1.97 bits per heavy atom. The second kappa shape index (κ2) is 9.98. The van der Waals surface area contributed by atoms with Gasteiger partial charge < -0.3 is 5.32 Å². The van der Waals surface area contributed by atoms with Crippen LogP contribution in [-0.2, 0) is 6.54 Å². The Kier molecular flexibility index (Phi) is 7.10. The van der Waals surface area contributed by atoms with Crippen LogP contribution >= 0.6 is 22.9 Å². The molecule has 1 aromatic carbocycles. The molecule has 1 amide bonds. The maximum Gasteiger partial charge on any atom is 0.256 e. The van der Waals surface area contributed by atoms with Crippen molar-refractivity contribution >= 4 is 28.8 Å². The maximum atomic E-state index is 13.1. The van der Waals surface area contributed by atoms with Crippen LogP contribution in [0.3, 0.4) is 0 Å². The first-order valence-corrected chi connectivity index (χ1v) is 12.1. The minimum Gasteiger partial charge on any atom is -0.350 e. The number of amides is 1. The van der Waals surface area contributed by atoms with E-state index >= 15 is 0 Å². The lowest BCUT2D eigenvalue weighted by Crippen LogP contribution is -2.41. The number of carbonyl (C=O) groups excluding carboxylic acids is 1. The first-order chi connectivity index (χ1) is 15.0. The highest BCUT2D eigenvalue weighted by Gasteiger charge is 2.27. The number of aryl methyl sites for hydroxylation is 1. The third-order valence-electron chi connectivity index (χ3n) is 6.05. The zero-order valence-corrected chi connectivity index (χ0v) is 19.6. The Labute approximate surface area is 193 Å². The maximum absolute atomic E-state index is 13.1. The van der Waals surface area contributed by atoms with Gasteiger partial charge in [0, 0.05) is 11.4 Å². The van der Waals surface area contributed by atoms with Crippen molar-refractivity contribution < 1.29 is 4.79 Å². The number of halogens is 1. The summed E-state index contributed by atoms with van der Waals surface area (Å²) in [4.78, 5) is 16.9. The quantitative estimate of drug-likeness (QED) is 0.534. The second-order valence-corrected chi connectivity index (χ2v) is 9.69. The van der Waals surface area contributed by atoms with Gasteiger partial charge in [0.1, 0.15) is 5.15 Å². The van der Waals surface area contributed by atoms with Crippen LogP contribution in [0.2, 0.25) is 5.15 Å². The average Bonchev–Trinajstić information content (AvgIpc) is 3.39. The molecule has 1 aliphatic rings. The molecule has 3 aromatic rings. The summed E-state index contributed by atoms with van der Waals surface area (Å²) in [5.41, 5.74) is 2.21. The predicted octanol–water partition coefficient (Wildman–Crippen LogP) is 5.16. The minimum absolute atomic E-state index is 0.159. The van der Waals surface area contributed by atoms with Crippen LogP contribution < -0.4 is 5.32 Å². The number of thiophene rings is 1. The van der Waals surface area contributed by atoms with Gasteiger partial charge in [-0.2, -0.15) is 5.10 Å². The van der Waals surface area contributed by atoms with E-state index in [1.165, 1.54) is 17.7 Å². The van der Waals surface area contributed by atoms with Crippen molar-refractivity contribution in [1.82, 2.24) is 20.0 Å². The number of rotatable bonds is 7. The van der Waals surface area contributed by atoms with E-state index in [0.29, 0.717) is 29.5 Å². The fourth-order valence-corrected chi connectivity index (χ4v) is 5.36. The number of hydrogen-bond acceptors (Lipinski definition) is 4. The van der Waals surface area contributed by atoms with Crippen molar-refractivity contribution in [2.75, 3.05) is 19.6 Å². The highest BCUT2D eigenvalue weighted by Crippen LogP contribution is 2.29. The molecule has 0 radical (unpaired) electrons. The zero-order valence-electron chi connectivity index (χ0n) is 18.1. The molecule has 0 bridgehead atoms. The van der Waals surface area contributed by atoms with E-state index in [2.05, 4.69) is 39.8 Å². The van der Waals surface area contributed by atoms with E-state index in [1.54, 1.807) is 16.0 Å². The predicted molar refractivity (Wildman–Crippen MR) is 127 cm³/mol. The Morgan fingerprint density at radius 1 is 1.23 bits per heavy atom. The van der Waals surface area contributed by atoms with Crippen molar-refractivity contribution in [3.05, 3.63) is 74.7 Å². The number of aromatic nitrogens is 2. The van der Waals surface area contributed by atoms with E-state index in [4.69, 9.17) is 11.6 Å². The molecule has 164 valence electrons. The number of benzene rings is 1. The van der Waals surface area contributed by atoms with Crippen LogP contribution in [-0.4, -0.2) is 40.2 Å². The topological polar surface area (TPSA) is 50.2 Å². The standard InChI is InChI=1S/C24H29ClN4OS/c1-17-10-12-28(13-11-17)20(21-9-6-14-31-21)15-26-24(30)22-18(2)27-29(23(22)25)16-19-7-4-3-5-8-19/h3-9,14,17,20H,10-13,15-16H2,1-2H3,(H,26,30). The molecule has 1 atom stereocenters. The second-order valence-electron chi connectivity index (χ2n) is 8.35. The molecular formula is C24H29ClN4OS. The van der Waals surface area contributed by atoms with Crippen molar-refractivity contribution in [2.45, 2.75) is 39.3 Å². The van der Waals surface area contributed by atoms with Gasteiger partial charge in [-0.3, -0.25) is 9.69 Å². The lowest BCUT2D eigenvalue weighted by molar-refractivity contribution is 0.0914. The molecule has 3 heterocycles. The average molecular weight is 457 g/mol. The summed E-state index contributed by atoms with van der Waals surface area (Å²) in [6.07, 6.45) is 2.40. The molecular weight excluding hydrogens is 428 g/mol. The van der Waals surface area contributed by atoms with Gasteiger partial charge in [-0.25, -0.2) is 4.68 Å². The largest absolute Gasteiger partial charge is 0.350 e. The molecule has 0 spiro atoms. The SMILES string of the molecule is Cc1nn(Cc2ccccc2)c(Cl)c1C(=O)NCC(c1cccs1)N1CCC(C)CC1. The molecule has 0 saturated carbocycles. The number of nitrogens with zero attached hydrogens (tertiary/aromatic N) is 3. The molecule has 1 saturated heterocycles. The van der Waals surface area contributed by atoms with Gasteiger partial charge in [0.15, 0.2) is 0 Å². The molecule has 0 aliphatic carbocycles. The van der Waals surface area contributed by atoms with Crippen LogP contribution in [0, 0.1) is 12.8 Å². The fraction of sp³-hybridized carbons (Fsp3) is 0.417.